The van der Waals surface area contributed by atoms with Crippen molar-refractivity contribution in [1.82, 2.24) is 10.2 Å². The predicted octanol–water partition coefficient (Wildman–Crippen LogP) is 3.05. The van der Waals surface area contributed by atoms with Crippen molar-refractivity contribution < 1.29 is 0 Å². The predicted molar refractivity (Wildman–Crippen MR) is 78.8 cm³/mol. The molecule has 2 heteroatoms. The van der Waals surface area contributed by atoms with Crippen molar-refractivity contribution in [1.29, 1.82) is 0 Å². The Labute approximate surface area is 113 Å². The molecule has 0 aromatic carbocycles. The summed E-state index contributed by atoms with van der Waals surface area (Å²) in [5.74, 6) is 1.64. The van der Waals surface area contributed by atoms with Crippen molar-refractivity contribution >= 4 is 0 Å². The minimum Gasteiger partial charge on any atom is -0.315 e. The minimum absolute atomic E-state index is 0.774. The summed E-state index contributed by atoms with van der Waals surface area (Å²) < 4.78 is 0. The number of hydrogen-bond donors (Lipinski definition) is 1. The van der Waals surface area contributed by atoms with Crippen LogP contribution in [0.4, 0.5) is 0 Å². The van der Waals surface area contributed by atoms with Gasteiger partial charge >= 0.3 is 0 Å². The highest BCUT2D eigenvalue weighted by atomic mass is 15.2. The van der Waals surface area contributed by atoms with Gasteiger partial charge in [-0.3, -0.25) is 0 Å². The van der Waals surface area contributed by atoms with Gasteiger partial charge in [-0.15, -0.1) is 0 Å². The molecule has 1 aliphatic carbocycles. The molecule has 0 saturated carbocycles. The fourth-order valence-electron chi connectivity index (χ4n) is 3.70. The Balaban J connectivity index is 1.67. The lowest BCUT2D eigenvalue weighted by molar-refractivity contribution is 0.179. The van der Waals surface area contributed by atoms with Crippen LogP contribution in [0.2, 0.25) is 0 Å². The van der Waals surface area contributed by atoms with Gasteiger partial charge in [0.2, 0.25) is 0 Å². The molecular weight excluding hydrogens is 220 g/mol. The Bertz CT molecular complexity index is 285. The molecule has 1 fully saturated rings. The average Bonchev–Trinajstić information content (AvgIpc) is 2.30. The van der Waals surface area contributed by atoms with Gasteiger partial charge < -0.3 is 10.2 Å². The number of nitrogens with one attached hydrogen (secondary N) is 1. The molecule has 0 aromatic rings. The van der Waals surface area contributed by atoms with Crippen LogP contribution in [0.15, 0.2) is 11.6 Å². The summed E-state index contributed by atoms with van der Waals surface area (Å²) in [6.07, 6.45) is 9.30. The Morgan fingerprint density at radius 1 is 1.33 bits per heavy atom. The molecule has 2 nitrogen and oxygen atoms in total. The largest absolute Gasteiger partial charge is 0.315 e. The molecule has 1 saturated heterocycles. The fourth-order valence-corrected chi connectivity index (χ4v) is 3.70. The van der Waals surface area contributed by atoms with Crippen LogP contribution in [0.5, 0.6) is 0 Å². The van der Waals surface area contributed by atoms with Crippen LogP contribution in [-0.2, 0) is 0 Å². The smallest absolute Gasteiger partial charge is 0.0217 e. The maximum Gasteiger partial charge on any atom is 0.0217 e. The molecule has 0 spiro atoms. The quantitative estimate of drug-likeness (QED) is 0.772. The monoisotopic (exact) mass is 250 g/mol. The molecule has 1 N–H and O–H groups in total. The number of likely N-dealkylation sites (tertiary alicyclic amines) is 1. The zero-order valence-electron chi connectivity index (χ0n) is 12.4. The van der Waals surface area contributed by atoms with Gasteiger partial charge in [0.1, 0.15) is 0 Å². The van der Waals surface area contributed by atoms with E-state index in [1.165, 1.54) is 51.7 Å². The van der Waals surface area contributed by atoms with Crippen molar-refractivity contribution in [3.63, 3.8) is 0 Å². The maximum atomic E-state index is 3.73. The number of allylic oxidation sites excluding steroid dienone is 2. The third-order valence-electron chi connectivity index (χ3n) is 4.62. The van der Waals surface area contributed by atoms with Crippen molar-refractivity contribution in [2.45, 2.75) is 52.0 Å². The maximum absolute atomic E-state index is 3.73. The van der Waals surface area contributed by atoms with Gasteiger partial charge in [-0.25, -0.2) is 0 Å². The fraction of sp³-hybridized carbons (Fsp3) is 0.875. The van der Waals surface area contributed by atoms with E-state index in [4.69, 9.17) is 0 Å². The molecule has 0 aromatic heterocycles. The standard InChI is InChI=1S/C16H30N2/c1-13-8-14(2)10-15(9-13)11-17-12-16-6-4-5-7-18(16)3/h8,13,15-17H,4-7,9-12H2,1-3H3. The molecule has 2 aliphatic rings. The molecular formula is C16H30N2. The number of rotatable bonds is 4. The number of nitrogens with zero attached hydrogens (tertiary/aromatic N) is 1. The first-order chi connectivity index (χ1) is 8.65. The first kappa shape index (κ1) is 14.1. The summed E-state index contributed by atoms with van der Waals surface area (Å²) in [5, 5.41) is 3.73. The molecule has 0 bridgehead atoms. The summed E-state index contributed by atoms with van der Waals surface area (Å²) in [7, 11) is 2.28. The number of likely N-dealkylation sites (N-methyl/N-ethyl adjacent to an activating group) is 1. The molecule has 3 unspecified atom stereocenters. The van der Waals surface area contributed by atoms with E-state index in [0.717, 1.165) is 17.9 Å². The normalized spacial score (nSPS) is 34.4. The zero-order chi connectivity index (χ0) is 13.0. The van der Waals surface area contributed by atoms with Gasteiger partial charge in [0.05, 0.1) is 0 Å². The van der Waals surface area contributed by atoms with Crippen LogP contribution < -0.4 is 5.32 Å². The van der Waals surface area contributed by atoms with Crippen LogP contribution in [0, 0.1) is 11.8 Å². The molecule has 18 heavy (non-hydrogen) atoms. The van der Waals surface area contributed by atoms with Crippen LogP contribution in [0.25, 0.3) is 0 Å². The van der Waals surface area contributed by atoms with Gasteiger partial charge in [0.15, 0.2) is 0 Å². The van der Waals surface area contributed by atoms with Crippen LogP contribution in [-0.4, -0.2) is 37.6 Å². The molecule has 3 atom stereocenters. The van der Waals surface area contributed by atoms with Gasteiger partial charge in [-0.1, -0.05) is 25.0 Å². The Kier molecular flexibility index (Phi) is 5.25. The lowest BCUT2D eigenvalue weighted by atomic mass is 9.83. The topological polar surface area (TPSA) is 15.3 Å². The lowest BCUT2D eigenvalue weighted by Gasteiger charge is -2.33. The molecule has 0 radical (unpaired) electrons. The first-order valence-electron chi connectivity index (χ1n) is 7.73. The van der Waals surface area contributed by atoms with E-state index in [2.05, 4.69) is 37.2 Å². The highest BCUT2D eigenvalue weighted by Crippen LogP contribution is 2.27. The van der Waals surface area contributed by atoms with Gasteiger partial charge in [0, 0.05) is 12.6 Å². The second-order valence-electron chi connectivity index (χ2n) is 6.58. The van der Waals surface area contributed by atoms with Crippen molar-refractivity contribution in [3.05, 3.63) is 11.6 Å². The SMILES string of the molecule is CC1=CC(C)CC(CNCC2CCCCN2C)C1. The summed E-state index contributed by atoms with van der Waals surface area (Å²) >= 11 is 0. The zero-order valence-corrected chi connectivity index (χ0v) is 12.4. The van der Waals surface area contributed by atoms with E-state index in [-0.39, 0.29) is 0 Å². The van der Waals surface area contributed by atoms with Gasteiger partial charge in [0.25, 0.3) is 0 Å². The molecule has 1 aliphatic heterocycles. The van der Waals surface area contributed by atoms with Gasteiger partial charge in [-0.05, 0) is 64.6 Å². The van der Waals surface area contributed by atoms with Crippen LogP contribution in [0.3, 0.4) is 0 Å². The van der Waals surface area contributed by atoms with E-state index < -0.39 is 0 Å². The lowest BCUT2D eigenvalue weighted by Crippen LogP contribution is -2.44. The molecule has 0 amide bonds. The number of piperidine rings is 1. The third-order valence-corrected chi connectivity index (χ3v) is 4.62. The van der Waals surface area contributed by atoms with Crippen molar-refractivity contribution in [3.8, 4) is 0 Å². The van der Waals surface area contributed by atoms with Crippen LogP contribution >= 0.6 is 0 Å². The van der Waals surface area contributed by atoms with E-state index >= 15 is 0 Å². The summed E-state index contributed by atoms with van der Waals surface area (Å²) in [6, 6.07) is 0.774. The second-order valence-corrected chi connectivity index (χ2v) is 6.58. The Hall–Kier alpha value is -0.340. The summed E-state index contributed by atoms with van der Waals surface area (Å²) in [5.41, 5.74) is 1.59. The van der Waals surface area contributed by atoms with E-state index in [1.54, 1.807) is 5.57 Å². The number of hydrogen-bond acceptors (Lipinski definition) is 2. The van der Waals surface area contributed by atoms with E-state index in [9.17, 15) is 0 Å². The Morgan fingerprint density at radius 2 is 2.17 bits per heavy atom. The minimum atomic E-state index is 0.774. The average molecular weight is 250 g/mol. The van der Waals surface area contributed by atoms with Crippen molar-refractivity contribution in [2.24, 2.45) is 11.8 Å². The highest BCUT2D eigenvalue weighted by Gasteiger charge is 2.20. The van der Waals surface area contributed by atoms with E-state index in [0.29, 0.717) is 0 Å². The Morgan fingerprint density at radius 3 is 2.89 bits per heavy atom. The molecule has 2 rings (SSSR count). The third kappa shape index (κ3) is 4.10. The van der Waals surface area contributed by atoms with Crippen molar-refractivity contribution in [2.75, 3.05) is 26.7 Å². The summed E-state index contributed by atoms with van der Waals surface area (Å²) in [6.45, 7) is 8.32. The van der Waals surface area contributed by atoms with Crippen LogP contribution in [0.1, 0.15) is 46.0 Å². The highest BCUT2D eigenvalue weighted by molar-refractivity contribution is 5.06. The molecule has 1 heterocycles. The van der Waals surface area contributed by atoms with Gasteiger partial charge in [-0.2, -0.15) is 0 Å². The first-order valence-corrected chi connectivity index (χ1v) is 7.73. The second kappa shape index (κ2) is 6.72. The van der Waals surface area contributed by atoms with E-state index in [1.807, 2.05) is 0 Å². The molecule has 104 valence electrons. The summed E-state index contributed by atoms with van der Waals surface area (Å²) in [4.78, 5) is 2.53.